The summed E-state index contributed by atoms with van der Waals surface area (Å²) in [5.74, 6) is 0.951. The summed E-state index contributed by atoms with van der Waals surface area (Å²) in [5, 5.41) is 12.7. The largest absolute Gasteiger partial charge is 0.493 e. The lowest BCUT2D eigenvalue weighted by Gasteiger charge is -2.14. The molecule has 23 heavy (non-hydrogen) atoms. The molecule has 118 valence electrons. The second-order valence-electron chi connectivity index (χ2n) is 5.94. The van der Waals surface area contributed by atoms with E-state index < -0.39 is 0 Å². The first-order valence-corrected chi connectivity index (χ1v) is 7.75. The van der Waals surface area contributed by atoms with E-state index in [1.165, 1.54) is 0 Å². The molecule has 0 saturated heterocycles. The number of rotatable bonds is 4. The summed E-state index contributed by atoms with van der Waals surface area (Å²) in [7, 11) is 0. The summed E-state index contributed by atoms with van der Waals surface area (Å²) < 4.78 is 7.43. The first kappa shape index (κ1) is 15.3. The van der Waals surface area contributed by atoms with Gasteiger partial charge in [0.2, 0.25) is 0 Å². The smallest absolute Gasteiger partial charge is 0.141 e. The van der Waals surface area contributed by atoms with E-state index in [2.05, 4.69) is 23.8 Å². The molecule has 2 aromatic rings. The van der Waals surface area contributed by atoms with Gasteiger partial charge in [0.15, 0.2) is 0 Å². The number of benzene rings is 1. The molecular formula is C19H21N3O. The van der Waals surface area contributed by atoms with Crippen LogP contribution in [0, 0.1) is 5.41 Å². The van der Waals surface area contributed by atoms with E-state index in [1.807, 2.05) is 38.1 Å². The molecule has 1 aliphatic heterocycles. The Kier molecular flexibility index (Phi) is 4.15. The zero-order chi connectivity index (χ0) is 16.4. The monoisotopic (exact) mass is 307 g/mol. The van der Waals surface area contributed by atoms with Gasteiger partial charge in [0.05, 0.1) is 18.0 Å². The van der Waals surface area contributed by atoms with Crippen LogP contribution in [-0.4, -0.2) is 15.9 Å². The van der Waals surface area contributed by atoms with Crippen molar-refractivity contribution in [1.82, 2.24) is 9.78 Å². The fraction of sp³-hybridized carbons (Fsp3) is 0.263. The summed E-state index contributed by atoms with van der Waals surface area (Å²) in [6.45, 7) is 8.52. The van der Waals surface area contributed by atoms with Gasteiger partial charge in [0.25, 0.3) is 0 Å². The Bertz CT molecular complexity index is 833. The van der Waals surface area contributed by atoms with Gasteiger partial charge < -0.3 is 4.74 Å². The van der Waals surface area contributed by atoms with E-state index in [-0.39, 0.29) is 6.10 Å². The Morgan fingerprint density at radius 2 is 2.22 bits per heavy atom. The van der Waals surface area contributed by atoms with Crippen LogP contribution in [-0.2, 0) is 11.3 Å². The fourth-order valence-electron chi connectivity index (χ4n) is 2.66. The molecule has 3 rings (SSSR count). The van der Waals surface area contributed by atoms with Gasteiger partial charge in [-0.1, -0.05) is 30.4 Å². The summed E-state index contributed by atoms with van der Waals surface area (Å²) in [6, 6.07) is 11.8. The molecule has 4 nitrogen and oxygen atoms in total. The molecule has 1 aliphatic rings. The molecule has 1 aromatic heterocycles. The van der Waals surface area contributed by atoms with Crippen molar-refractivity contribution in [1.29, 1.82) is 5.41 Å². The second-order valence-corrected chi connectivity index (χ2v) is 5.94. The van der Waals surface area contributed by atoms with Crippen LogP contribution < -0.4 is 5.49 Å². The third-order valence-electron chi connectivity index (χ3n) is 3.95. The van der Waals surface area contributed by atoms with E-state index in [0.717, 1.165) is 34.6 Å². The number of nitrogens with zero attached hydrogens (tertiary/aromatic N) is 2. The molecule has 1 atom stereocenters. The quantitative estimate of drug-likeness (QED) is 0.935. The molecule has 1 N–H and O–H groups in total. The van der Waals surface area contributed by atoms with Crippen molar-refractivity contribution in [3.05, 3.63) is 65.9 Å². The van der Waals surface area contributed by atoms with E-state index >= 15 is 0 Å². The van der Waals surface area contributed by atoms with Crippen LogP contribution in [0.2, 0.25) is 0 Å². The van der Waals surface area contributed by atoms with Gasteiger partial charge in [-0.15, -0.1) is 0 Å². The molecule has 0 saturated carbocycles. The van der Waals surface area contributed by atoms with Crippen molar-refractivity contribution >= 4 is 5.57 Å². The molecule has 1 unspecified atom stereocenters. The number of ether oxygens (including phenoxy) is 1. The first-order chi connectivity index (χ1) is 11.0. The summed E-state index contributed by atoms with van der Waals surface area (Å²) in [6.07, 6.45) is 3.01. The Labute approximate surface area is 136 Å². The van der Waals surface area contributed by atoms with Crippen LogP contribution in [0.25, 0.3) is 16.8 Å². The highest BCUT2D eigenvalue weighted by molar-refractivity contribution is 5.68. The lowest BCUT2D eigenvalue weighted by molar-refractivity contribution is 0.122. The minimum atomic E-state index is 0.0635. The van der Waals surface area contributed by atoms with Crippen LogP contribution in [0.1, 0.15) is 25.8 Å². The van der Waals surface area contributed by atoms with Gasteiger partial charge in [-0.05, 0) is 43.7 Å². The third kappa shape index (κ3) is 3.42. The lowest BCUT2D eigenvalue weighted by Crippen LogP contribution is -2.28. The molecule has 0 radical (unpaired) electrons. The van der Waals surface area contributed by atoms with Crippen molar-refractivity contribution in [2.24, 2.45) is 0 Å². The Morgan fingerprint density at radius 3 is 2.91 bits per heavy atom. The molecule has 0 aliphatic carbocycles. The molecule has 4 heteroatoms. The molecule has 1 aromatic carbocycles. The summed E-state index contributed by atoms with van der Waals surface area (Å²) in [5.41, 5.74) is 4.40. The van der Waals surface area contributed by atoms with Crippen LogP contribution >= 0.6 is 0 Å². The van der Waals surface area contributed by atoms with Crippen LogP contribution in [0.5, 0.6) is 0 Å². The molecular weight excluding hydrogens is 286 g/mol. The molecule has 0 fully saturated rings. The average molecular weight is 307 g/mol. The average Bonchev–Trinajstić information content (AvgIpc) is 2.95. The zero-order valence-corrected chi connectivity index (χ0v) is 13.5. The van der Waals surface area contributed by atoms with Gasteiger partial charge >= 0.3 is 0 Å². The normalized spacial score (nSPS) is 16.8. The highest BCUT2D eigenvalue weighted by Gasteiger charge is 2.16. The molecule has 0 spiro atoms. The number of nitrogens with one attached hydrogen (secondary N) is 1. The van der Waals surface area contributed by atoms with Gasteiger partial charge in [-0.25, -0.2) is 4.68 Å². The predicted octanol–water partition coefficient (Wildman–Crippen LogP) is 3.76. The van der Waals surface area contributed by atoms with E-state index in [4.69, 9.17) is 10.1 Å². The Morgan fingerprint density at radius 1 is 1.39 bits per heavy atom. The number of allylic oxidation sites excluding steroid dienone is 2. The molecule has 0 amide bonds. The Hall–Kier alpha value is -2.62. The Balaban J connectivity index is 1.89. The summed E-state index contributed by atoms with van der Waals surface area (Å²) in [4.78, 5) is 0. The third-order valence-corrected chi connectivity index (χ3v) is 3.95. The maximum Gasteiger partial charge on any atom is 0.141 e. The van der Waals surface area contributed by atoms with Crippen molar-refractivity contribution < 1.29 is 4.74 Å². The highest BCUT2D eigenvalue weighted by atomic mass is 16.5. The zero-order valence-electron chi connectivity index (χ0n) is 13.5. The molecule has 0 bridgehead atoms. The maximum atomic E-state index is 8.07. The minimum absolute atomic E-state index is 0.0635. The second kappa shape index (κ2) is 6.24. The fourth-order valence-corrected chi connectivity index (χ4v) is 2.66. The SMILES string of the molecule is C=C(C)c1cccc(-c2ccc(=N)n(CC3CC=C(C)O3)n2)c1. The topological polar surface area (TPSA) is 50.9 Å². The molecule has 2 heterocycles. The van der Waals surface area contributed by atoms with Gasteiger partial charge in [-0.3, -0.25) is 5.41 Å². The number of hydrogen-bond donors (Lipinski definition) is 1. The van der Waals surface area contributed by atoms with Crippen molar-refractivity contribution in [2.75, 3.05) is 0 Å². The van der Waals surface area contributed by atoms with Gasteiger partial charge in [-0.2, -0.15) is 5.10 Å². The van der Waals surface area contributed by atoms with Crippen molar-refractivity contribution in [3.8, 4) is 11.3 Å². The van der Waals surface area contributed by atoms with Crippen molar-refractivity contribution in [2.45, 2.75) is 32.9 Å². The van der Waals surface area contributed by atoms with Crippen LogP contribution in [0.15, 0.2) is 54.8 Å². The predicted molar refractivity (Wildman–Crippen MR) is 91.5 cm³/mol. The van der Waals surface area contributed by atoms with Crippen LogP contribution in [0.3, 0.4) is 0 Å². The van der Waals surface area contributed by atoms with Crippen molar-refractivity contribution in [3.63, 3.8) is 0 Å². The highest BCUT2D eigenvalue weighted by Crippen LogP contribution is 2.21. The van der Waals surface area contributed by atoms with E-state index in [1.54, 1.807) is 10.7 Å². The lowest BCUT2D eigenvalue weighted by atomic mass is 10.0. The standard InChI is InChI=1S/C19H21N3O/c1-13(2)15-5-4-6-16(11-15)18-9-10-19(20)22(21-18)12-17-8-7-14(3)23-17/h4-7,9-11,17,20H,1,8,12H2,2-3H3. The van der Waals surface area contributed by atoms with E-state index in [0.29, 0.717) is 12.0 Å². The van der Waals surface area contributed by atoms with Crippen LogP contribution in [0.4, 0.5) is 0 Å². The van der Waals surface area contributed by atoms with Gasteiger partial charge in [0, 0.05) is 12.0 Å². The van der Waals surface area contributed by atoms with Gasteiger partial charge in [0.1, 0.15) is 11.6 Å². The van der Waals surface area contributed by atoms with E-state index in [9.17, 15) is 0 Å². The number of aromatic nitrogens is 2. The first-order valence-electron chi connectivity index (χ1n) is 7.75. The number of hydrogen-bond acceptors (Lipinski definition) is 3. The minimum Gasteiger partial charge on any atom is -0.493 e. The summed E-state index contributed by atoms with van der Waals surface area (Å²) >= 11 is 0. The maximum absolute atomic E-state index is 8.07.